The molecule has 0 bridgehead atoms. The van der Waals surface area contributed by atoms with E-state index in [0.29, 0.717) is 5.56 Å². The van der Waals surface area contributed by atoms with Crippen LogP contribution in [-0.4, -0.2) is 46.6 Å². The van der Waals surface area contributed by atoms with E-state index in [1.54, 1.807) is 18.2 Å². The number of hydrogen-bond acceptors (Lipinski definition) is 9. The number of carbonyl (C=O) groups excluding carboxylic acids is 2. The first-order valence-corrected chi connectivity index (χ1v) is 12.5. The highest BCUT2D eigenvalue weighted by Crippen LogP contribution is 2.60. The summed E-state index contributed by atoms with van der Waals surface area (Å²) in [6.45, 7) is 0. The molecule has 0 aromatic heterocycles. The van der Waals surface area contributed by atoms with Gasteiger partial charge < -0.3 is 0 Å². The number of fused-ring (bicyclic) bond motifs is 6. The summed E-state index contributed by atoms with van der Waals surface area (Å²) in [6, 6.07) is 9.29. The Morgan fingerprint density at radius 3 is 2.03 bits per heavy atom. The largest absolute Gasteiger partial charge is 0.289 e. The van der Waals surface area contributed by atoms with Gasteiger partial charge in [0.2, 0.25) is 5.72 Å². The van der Waals surface area contributed by atoms with E-state index in [1.807, 2.05) is 0 Å². The first-order chi connectivity index (χ1) is 13.9. The second-order valence-corrected chi connectivity index (χ2v) is 10.8. The molecule has 3 aliphatic rings. The van der Waals surface area contributed by atoms with Gasteiger partial charge in [0.15, 0.2) is 17.3 Å². The fourth-order valence-electron chi connectivity index (χ4n) is 4.45. The lowest BCUT2D eigenvalue weighted by molar-refractivity contribution is 0.0769. The third kappa shape index (κ3) is 2.56. The Hall–Kier alpha value is -2.44. The van der Waals surface area contributed by atoms with Crippen LogP contribution in [0.25, 0.3) is 0 Å². The maximum Gasteiger partial charge on any atom is 0.266 e. The minimum absolute atomic E-state index is 0.109. The van der Waals surface area contributed by atoms with Gasteiger partial charge in [-0.3, -0.25) is 9.59 Å². The van der Waals surface area contributed by atoms with Gasteiger partial charge in [-0.1, -0.05) is 30.3 Å². The number of hydrogen-bond donors (Lipinski definition) is 1. The van der Waals surface area contributed by atoms with E-state index in [2.05, 4.69) is 5.32 Å². The summed E-state index contributed by atoms with van der Waals surface area (Å²) in [5, 5.41) is 2.72. The van der Waals surface area contributed by atoms with Crippen LogP contribution in [0, 0.1) is 0 Å². The van der Waals surface area contributed by atoms with Crippen molar-refractivity contribution >= 4 is 31.8 Å². The predicted molar refractivity (Wildman–Crippen MR) is 103 cm³/mol. The van der Waals surface area contributed by atoms with E-state index in [4.69, 9.17) is 8.37 Å². The van der Waals surface area contributed by atoms with Crippen molar-refractivity contribution in [1.29, 1.82) is 0 Å². The Labute approximate surface area is 172 Å². The quantitative estimate of drug-likeness (QED) is 0.443. The molecular formula is C19H15NO8S2. The van der Waals surface area contributed by atoms with Gasteiger partial charge in [0.1, 0.15) is 0 Å². The lowest BCUT2D eigenvalue weighted by atomic mass is 9.80. The van der Waals surface area contributed by atoms with Crippen molar-refractivity contribution in [3.63, 3.8) is 0 Å². The molecule has 2 atom stereocenters. The molecule has 0 amide bonds. The first kappa shape index (κ1) is 19.5. The van der Waals surface area contributed by atoms with E-state index in [0.717, 1.165) is 12.5 Å². The number of benzene rings is 2. The maximum atomic E-state index is 13.2. The van der Waals surface area contributed by atoms with Crippen molar-refractivity contribution in [2.45, 2.75) is 17.9 Å². The van der Waals surface area contributed by atoms with Crippen LogP contribution in [-0.2, 0) is 40.7 Å². The van der Waals surface area contributed by atoms with E-state index in [9.17, 15) is 26.4 Å². The summed E-state index contributed by atoms with van der Waals surface area (Å²) in [7, 11) is -8.06. The summed E-state index contributed by atoms with van der Waals surface area (Å²) < 4.78 is 58.0. The molecule has 1 saturated heterocycles. The van der Waals surface area contributed by atoms with Gasteiger partial charge in [0.05, 0.1) is 12.5 Å². The zero-order valence-corrected chi connectivity index (χ0v) is 17.4. The van der Waals surface area contributed by atoms with Crippen LogP contribution in [0.1, 0.15) is 43.0 Å². The minimum Gasteiger partial charge on any atom is -0.289 e. The average Bonchev–Trinajstić information content (AvgIpc) is 3.12. The maximum absolute atomic E-state index is 13.2. The number of rotatable bonds is 4. The molecule has 30 heavy (non-hydrogen) atoms. The number of ketones is 2. The van der Waals surface area contributed by atoms with Gasteiger partial charge in [-0.15, -0.1) is 0 Å². The predicted octanol–water partition coefficient (Wildman–Crippen LogP) is 0.423. The molecule has 156 valence electrons. The topological polar surface area (TPSA) is 143 Å². The van der Waals surface area contributed by atoms with E-state index >= 15 is 0 Å². The van der Waals surface area contributed by atoms with Gasteiger partial charge >= 0.3 is 0 Å². The minimum atomic E-state index is -4.04. The molecule has 0 unspecified atom stereocenters. The molecule has 1 N–H and O–H groups in total. The Morgan fingerprint density at radius 2 is 1.43 bits per heavy atom. The van der Waals surface area contributed by atoms with Gasteiger partial charge in [0.25, 0.3) is 20.2 Å². The van der Waals surface area contributed by atoms with Gasteiger partial charge in [-0.05, 0) is 11.6 Å². The second-order valence-electron chi connectivity index (χ2n) is 7.60. The highest BCUT2D eigenvalue weighted by molar-refractivity contribution is 7.86. The average molecular weight is 449 g/mol. The molecule has 2 aromatic carbocycles. The fourth-order valence-corrected chi connectivity index (χ4v) is 5.91. The molecule has 0 radical (unpaired) electrons. The summed E-state index contributed by atoms with van der Waals surface area (Å²) in [5.74, 6) is -0.741. The highest BCUT2D eigenvalue weighted by Gasteiger charge is 2.79. The highest BCUT2D eigenvalue weighted by atomic mass is 32.2. The molecule has 1 fully saturated rings. The molecule has 2 aromatic rings. The molecule has 11 heteroatoms. The Morgan fingerprint density at radius 1 is 0.833 bits per heavy atom. The molecule has 2 aliphatic carbocycles. The molecule has 5 rings (SSSR count). The van der Waals surface area contributed by atoms with Crippen molar-refractivity contribution in [2.24, 2.45) is 0 Å². The monoisotopic (exact) mass is 449 g/mol. The van der Waals surface area contributed by atoms with Gasteiger partial charge in [-0.2, -0.15) is 16.8 Å². The van der Waals surface area contributed by atoms with Gasteiger partial charge in [0, 0.05) is 34.2 Å². The fraction of sp³-hybridized carbons (Fsp3) is 0.263. The van der Waals surface area contributed by atoms with Crippen molar-refractivity contribution in [3.05, 3.63) is 69.8 Å². The van der Waals surface area contributed by atoms with Crippen molar-refractivity contribution < 1.29 is 34.8 Å². The standard InChI is InChI=1S/C19H15NO8S2/c1-29(23,24)27-18-9-13-14(19(18,20-18)28-30(2,25)26)8-7-12-15(13)17(22)11-6-4-3-5-10(11)16(12)21/h3-8,20H,9H2,1-2H3/t18-,19+/m1/s1. The van der Waals surface area contributed by atoms with Crippen molar-refractivity contribution in [1.82, 2.24) is 5.32 Å². The molecule has 0 spiro atoms. The lowest BCUT2D eigenvalue weighted by Crippen LogP contribution is -2.30. The molecule has 9 nitrogen and oxygen atoms in total. The Kier molecular flexibility index (Phi) is 3.66. The van der Waals surface area contributed by atoms with E-state index < -0.39 is 37.5 Å². The SMILES string of the molecule is CS(=O)(=O)O[C@]12N[C@@]1(OS(C)(=O)=O)Cc1c2ccc2c1C(=O)c1ccccc1C2=O. The summed E-state index contributed by atoms with van der Waals surface area (Å²) in [4.78, 5) is 26.2. The van der Waals surface area contributed by atoms with Crippen LogP contribution in [0.2, 0.25) is 0 Å². The number of nitrogens with one attached hydrogen (secondary N) is 1. The van der Waals surface area contributed by atoms with Crippen molar-refractivity contribution in [3.8, 4) is 0 Å². The second kappa shape index (κ2) is 5.62. The number of carbonyl (C=O) groups is 2. The Balaban J connectivity index is 1.73. The molecule has 1 aliphatic heterocycles. The van der Waals surface area contributed by atoms with Gasteiger partial charge in [-0.25, -0.2) is 13.7 Å². The molecular weight excluding hydrogens is 434 g/mol. The summed E-state index contributed by atoms with van der Waals surface area (Å²) >= 11 is 0. The third-order valence-corrected chi connectivity index (χ3v) is 6.60. The van der Waals surface area contributed by atoms with Crippen molar-refractivity contribution in [2.75, 3.05) is 12.5 Å². The van der Waals surface area contributed by atoms with Crippen LogP contribution >= 0.6 is 0 Å². The van der Waals surface area contributed by atoms with Crippen LogP contribution in [0.5, 0.6) is 0 Å². The summed E-state index contributed by atoms with van der Waals surface area (Å²) in [5.41, 5.74) is -2.16. The lowest BCUT2D eigenvalue weighted by Gasteiger charge is -2.22. The van der Waals surface area contributed by atoms with Crippen LogP contribution in [0.4, 0.5) is 0 Å². The molecule has 1 heterocycles. The third-order valence-electron chi connectivity index (χ3n) is 5.46. The van der Waals surface area contributed by atoms with E-state index in [-0.39, 0.29) is 40.0 Å². The smallest absolute Gasteiger partial charge is 0.266 e. The van der Waals surface area contributed by atoms with Crippen LogP contribution in [0.15, 0.2) is 36.4 Å². The van der Waals surface area contributed by atoms with Crippen LogP contribution < -0.4 is 5.32 Å². The summed E-state index contributed by atoms with van der Waals surface area (Å²) in [6.07, 6.45) is 1.49. The Bertz CT molecular complexity index is 1400. The normalized spacial score (nSPS) is 26.6. The van der Waals surface area contributed by atoms with E-state index in [1.165, 1.54) is 18.2 Å². The first-order valence-electron chi connectivity index (χ1n) is 8.83. The zero-order chi connectivity index (χ0) is 21.7. The zero-order valence-electron chi connectivity index (χ0n) is 15.8. The van der Waals surface area contributed by atoms with Crippen LogP contribution in [0.3, 0.4) is 0 Å². The molecule has 0 saturated carbocycles.